The Hall–Kier alpha value is -0.0200. The van der Waals surface area contributed by atoms with E-state index in [2.05, 4.69) is 29.6 Å². The molecular weight excluding hydrogens is 471 g/mol. The smallest absolute Gasteiger partial charge is 0.00670 e. The Labute approximate surface area is 228 Å². The van der Waals surface area contributed by atoms with Gasteiger partial charge in [-0.15, -0.1) is 24.8 Å². The van der Waals surface area contributed by atoms with Gasteiger partial charge in [0.15, 0.2) is 0 Å². The highest BCUT2D eigenvalue weighted by Crippen LogP contribution is 2.46. The SMILES string of the molecule is Cl.Cl.NCCC1CCC(CCNC(CCCC2CC3C=CC2C3)CCCC2CC3C=CC2C3)CC1. The van der Waals surface area contributed by atoms with Crippen molar-refractivity contribution in [3.63, 3.8) is 0 Å². The normalized spacial score (nSPS) is 37.4. The van der Waals surface area contributed by atoms with Gasteiger partial charge in [0.05, 0.1) is 0 Å². The van der Waals surface area contributed by atoms with E-state index in [0.717, 1.165) is 59.9 Å². The van der Waals surface area contributed by atoms with Gasteiger partial charge in [-0.2, -0.15) is 0 Å². The Kier molecular flexibility index (Phi) is 12.5. The third-order valence-electron chi connectivity index (χ3n) is 10.6. The number of nitrogens with two attached hydrogens (primary N) is 1. The molecule has 0 aliphatic heterocycles. The molecule has 35 heavy (non-hydrogen) atoms. The molecule has 3 N–H and O–H groups in total. The van der Waals surface area contributed by atoms with E-state index in [1.165, 1.54) is 109 Å². The molecule has 0 aromatic rings. The third kappa shape index (κ3) is 8.23. The molecule has 3 fully saturated rings. The molecule has 0 saturated heterocycles. The lowest BCUT2D eigenvalue weighted by atomic mass is 9.79. The topological polar surface area (TPSA) is 38.0 Å². The average Bonchev–Trinajstić information content (AvgIpc) is 3.62. The Morgan fingerprint density at radius 1 is 0.657 bits per heavy atom. The van der Waals surface area contributed by atoms with Gasteiger partial charge in [0.1, 0.15) is 0 Å². The molecule has 5 aliphatic rings. The van der Waals surface area contributed by atoms with Gasteiger partial charge in [-0.3, -0.25) is 0 Å². The van der Waals surface area contributed by atoms with Crippen LogP contribution in [0.1, 0.15) is 103 Å². The number of hydrogen-bond donors (Lipinski definition) is 2. The van der Waals surface area contributed by atoms with Gasteiger partial charge in [-0.05, 0) is 125 Å². The Balaban J connectivity index is 0.00000171. The predicted molar refractivity (Wildman–Crippen MR) is 155 cm³/mol. The molecule has 3 saturated carbocycles. The van der Waals surface area contributed by atoms with Crippen molar-refractivity contribution in [2.75, 3.05) is 13.1 Å². The number of halogens is 2. The van der Waals surface area contributed by atoms with E-state index >= 15 is 0 Å². The Morgan fingerprint density at radius 3 is 1.60 bits per heavy atom. The van der Waals surface area contributed by atoms with Crippen LogP contribution in [0.15, 0.2) is 24.3 Å². The van der Waals surface area contributed by atoms with Crippen LogP contribution in [0.2, 0.25) is 0 Å². The minimum Gasteiger partial charge on any atom is -0.330 e. The standard InChI is InChI=1S/C31H52N2.2ClH/c32-17-15-23-7-9-24(10-8-23)16-18-33-31(5-1-3-27-19-25-11-13-29(27)21-25)6-2-4-28-20-26-12-14-30(28)22-26;;/h11-14,23-31,33H,1-10,15-22,32H2;2*1H. The molecule has 0 aromatic carbocycles. The molecule has 0 aromatic heterocycles. The van der Waals surface area contributed by atoms with Crippen LogP contribution in [-0.4, -0.2) is 19.1 Å². The van der Waals surface area contributed by atoms with E-state index in [4.69, 9.17) is 5.73 Å². The van der Waals surface area contributed by atoms with Crippen LogP contribution in [-0.2, 0) is 0 Å². The molecule has 0 spiro atoms. The zero-order valence-electron chi connectivity index (χ0n) is 22.1. The highest BCUT2D eigenvalue weighted by molar-refractivity contribution is 5.85. The van der Waals surface area contributed by atoms with Crippen molar-refractivity contribution < 1.29 is 0 Å². The first-order valence-electron chi connectivity index (χ1n) is 15.1. The molecule has 5 aliphatic carbocycles. The van der Waals surface area contributed by atoms with Crippen molar-refractivity contribution in [2.45, 2.75) is 109 Å². The largest absolute Gasteiger partial charge is 0.330 e. The van der Waals surface area contributed by atoms with E-state index in [-0.39, 0.29) is 24.8 Å². The number of nitrogens with one attached hydrogen (secondary N) is 1. The van der Waals surface area contributed by atoms with Gasteiger partial charge in [-0.25, -0.2) is 0 Å². The molecule has 202 valence electrons. The van der Waals surface area contributed by atoms with Crippen molar-refractivity contribution >= 4 is 24.8 Å². The first-order valence-corrected chi connectivity index (χ1v) is 15.1. The average molecular weight is 526 g/mol. The van der Waals surface area contributed by atoms with E-state index in [9.17, 15) is 0 Å². The van der Waals surface area contributed by atoms with Crippen molar-refractivity contribution in [1.29, 1.82) is 0 Å². The molecule has 6 unspecified atom stereocenters. The van der Waals surface area contributed by atoms with Crippen LogP contribution >= 0.6 is 24.8 Å². The fraction of sp³-hybridized carbons (Fsp3) is 0.871. The van der Waals surface area contributed by atoms with Gasteiger partial charge >= 0.3 is 0 Å². The summed E-state index contributed by atoms with van der Waals surface area (Å²) in [6, 6.07) is 0.766. The zero-order chi connectivity index (χ0) is 22.5. The van der Waals surface area contributed by atoms with Crippen LogP contribution in [0.5, 0.6) is 0 Å². The highest BCUT2D eigenvalue weighted by Gasteiger charge is 2.36. The highest BCUT2D eigenvalue weighted by atomic mass is 35.5. The molecule has 5 rings (SSSR count). The van der Waals surface area contributed by atoms with E-state index in [1.54, 1.807) is 0 Å². The summed E-state index contributed by atoms with van der Waals surface area (Å²) < 4.78 is 0. The number of allylic oxidation sites excluding steroid dienone is 4. The summed E-state index contributed by atoms with van der Waals surface area (Å²) in [6.45, 7) is 2.14. The predicted octanol–water partition coefficient (Wildman–Crippen LogP) is 8.10. The third-order valence-corrected chi connectivity index (χ3v) is 10.6. The lowest BCUT2D eigenvalue weighted by molar-refractivity contribution is 0.249. The molecule has 2 nitrogen and oxygen atoms in total. The summed E-state index contributed by atoms with van der Waals surface area (Å²) in [5.74, 6) is 7.63. The van der Waals surface area contributed by atoms with Gasteiger partial charge in [-0.1, -0.05) is 62.8 Å². The van der Waals surface area contributed by atoms with Gasteiger partial charge in [0.2, 0.25) is 0 Å². The summed E-state index contributed by atoms with van der Waals surface area (Å²) in [7, 11) is 0. The summed E-state index contributed by atoms with van der Waals surface area (Å²) in [6.07, 6.45) is 33.1. The number of rotatable bonds is 14. The minimum atomic E-state index is 0. The van der Waals surface area contributed by atoms with Gasteiger partial charge < -0.3 is 11.1 Å². The van der Waals surface area contributed by atoms with E-state index < -0.39 is 0 Å². The second-order valence-corrected chi connectivity index (χ2v) is 12.8. The molecular formula is C31H54Cl2N2. The second kappa shape index (κ2) is 14.8. The quantitative estimate of drug-likeness (QED) is 0.225. The van der Waals surface area contributed by atoms with E-state index in [1.807, 2.05) is 0 Å². The second-order valence-electron chi connectivity index (χ2n) is 12.8. The van der Waals surface area contributed by atoms with Crippen LogP contribution in [0.3, 0.4) is 0 Å². The molecule has 0 heterocycles. The maximum Gasteiger partial charge on any atom is 0.00670 e. The van der Waals surface area contributed by atoms with Crippen molar-refractivity contribution in [1.82, 2.24) is 5.32 Å². The van der Waals surface area contributed by atoms with Crippen molar-refractivity contribution in [3.05, 3.63) is 24.3 Å². The van der Waals surface area contributed by atoms with Crippen LogP contribution in [0.25, 0.3) is 0 Å². The number of hydrogen-bond acceptors (Lipinski definition) is 2. The van der Waals surface area contributed by atoms with Crippen LogP contribution in [0.4, 0.5) is 0 Å². The van der Waals surface area contributed by atoms with Crippen molar-refractivity contribution in [2.24, 2.45) is 53.1 Å². The van der Waals surface area contributed by atoms with Crippen molar-refractivity contribution in [3.8, 4) is 0 Å². The minimum absolute atomic E-state index is 0. The maximum absolute atomic E-state index is 5.79. The fourth-order valence-corrected chi connectivity index (χ4v) is 8.59. The molecule has 4 bridgehead atoms. The maximum atomic E-state index is 5.79. The lowest BCUT2D eigenvalue weighted by Crippen LogP contribution is -2.32. The molecule has 4 heteroatoms. The Bertz CT molecular complexity index is 616. The molecule has 6 atom stereocenters. The summed E-state index contributed by atoms with van der Waals surface area (Å²) >= 11 is 0. The first kappa shape index (κ1) is 29.5. The summed E-state index contributed by atoms with van der Waals surface area (Å²) in [5.41, 5.74) is 5.79. The van der Waals surface area contributed by atoms with Gasteiger partial charge in [0, 0.05) is 6.04 Å². The summed E-state index contributed by atoms with van der Waals surface area (Å²) in [5, 5.41) is 4.07. The number of fused-ring (bicyclic) bond motifs is 4. The monoisotopic (exact) mass is 524 g/mol. The zero-order valence-corrected chi connectivity index (χ0v) is 23.8. The fourth-order valence-electron chi connectivity index (χ4n) is 8.59. The lowest BCUT2D eigenvalue weighted by Gasteiger charge is -2.29. The summed E-state index contributed by atoms with van der Waals surface area (Å²) in [4.78, 5) is 0. The van der Waals surface area contributed by atoms with Crippen LogP contribution in [0, 0.1) is 47.3 Å². The van der Waals surface area contributed by atoms with Crippen LogP contribution < -0.4 is 11.1 Å². The molecule has 0 amide bonds. The van der Waals surface area contributed by atoms with E-state index in [0.29, 0.717) is 0 Å². The molecule has 0 radical (unpaired) electrons. The first-order chi connectivity index (χ1) is 16.3. The Morgan fingerprint density at radius 2 is 1.17 bits per heavy atom. The van der Waals surface area contributed by atoms with Gasteiger partial charge in [0.25, 0.3) is 0 Å².